The van der Waals surface area contributed by atoms with E-state index in [0.717, 1.165) is 0 Å². The van der Waals surface area contributed by atoms with Gasteiger partial charge in [-0.05, 0) is 37.3 Å². The second-order valence-electron chi connectivity index (χ2n) is 6.43. The van der Waals surface area contributed by atoms with E-state index in [-0.39, 0.29) is 11.8 Å². The van der Waals surface area contributed by atoms with Crippen LogP contribution in [-0.4, -0.2) is 57.2 Å². The number of anilines is 1. The summed E-state index contributed by atoms with van der Waals surface area (Å²) in [4.78, 5) is 29.2. The number of carbonyl (C=O) groups is 2. The Hall–Kier alpha value is -3.22. The minimum Gasteiger partial charge on any atom is -0.497 e. The number of carbonyl (C=O) groups excluding carboxylic acids is 2. The zero-order chi connectivity index (χ0) is 20.3. The van der Waals surface area contributed by atoms with E-state index in [1.54, 1.807) is 80.5 Å². The van der Waals surface area contributed by atoms with E-state index in [1.807, 2.05) is 0 Å². The highest BCUT2D eigenvalue weighted by atomic mass is 16.5. The van der Waals surface area contributed by atoms with Crippen molar-refractivity contribution in [2.45, 2.75) is 13.0 Å². The van der Waals surface area contributed by atoms with Gasteiger partial charge in [0.15, 0.2) is 0 Å². The van der Waals surface area contributed by atoms with E-state index in [0.29, 0.717) is 41.6 Å². The molecule has 1 saturated heterocycles. The predicted molar refractivity (Wildman–Crippen MR) is 105 cm³/mol. The number of hydrogen-bond acceptors (Lipinski definition) is 5. The highest BCUT2D eigenvalue weighted by Gasteiger charge is 2.36. The lowest BCUT2D eigenvalue weighted by Gasteiger charge is -2.39. The molecule has 1 aliphatic rings. The first-order valence-corrected chi connectivity index (χ1v) is 8.98. The Morgan fingerprint density at radius 3 is 2.36 bits per heavy atom. The van der Waals surface area contributed by atoms with E-state index in [1.165, 1.54) is 0 Å². The molecule has 7 heteroatoms. The lowest BCUT2D eigenvalue weighted by atomic mass is 10.1. The molecule has 0 aliphatic carbocycles. The smallest absolute Gasteiger partial charge is 0.254 e. The van der Waals surface area contributed by atoms with E-state index in [2.05, 4.69) is 0 Å². The fourth-order valence-corrected chi connectivity index (χ4v) is 3.32. The maximum Gasteiger partial charge on any atom is 0.254 e. The molecule has 2 aromatic carbocycles. The van der Waals surface area contributed by atoms with Gasteiger partial charge in [0, 0.05) is 24.7 Å². The minimum atomic E-state index is -0.608. The Morgan fingerprint density at radius 1 is 0.964 bits per heavy atom. The van der Waals surface area contributed by atoms with Gasteiger partial charge in [0.2, 0.25) is 5.91 Å². The van der Waals surface area contributed by atoms with E-state index in [9.17, 15) is 9.59 Å². The Balaban J connectivity index is 1.85. The number of amides is 2. The molecule has 1 atom stereocenters. The molecule has 28 heavy (non-hydrogen) atoms. The number of methoxy groups -OCH3 is 3. The standard InChI is InChI=1S/C21H24N2O5/c1-14-20(24)23(18-13-17(27-3)8-9-19(18)28-4)11-10-22(14)21(25)15-6-5-7-16(12-15)26-2/h5-9,12-14H,10-11H2,1-4H3. The van der Waals surface area contributed by atoms with Crippen LogP contribution in [0.25, 0.3) is 0 Å². The van der Waals surface area contributed by atoms with Crippen molar-refractivity contribution in [3.05, 3.63) is 48.0 Å². The summed E-state index contributed by atoms with van der Waals surface area (Å²) in [5.41, 5.74) is 1.12. The maximum atomic E-state index is 13.1. The van der Waals surface area contributed by atoms with Crippen LogP contribution in [0.5, 0.6) is 17.2 Å². The Kier molecular flexibility index (Phi) is 5.73. The number of rotatable bonds is 5. The van der Waals surface area contributed by atoms with Crippen molar-refractivity contribution >= 4 is 17.5 Å². The van der Waals surface area contributed by atoms with Crippen molar-refractivity contribution < 1.29 is 23.8 Å². The zero-order valence-corrected chi connectivity index (χ0v) is 16.5. The average Bonchev–Trinajstić information content (AvgIpc) is 2.74. The quantitative estimate of drug-likeness (QED) is 0.793. The second-order valence-corrected chi connectivity index (χ2v) is 6.43. The third kappa shape index (κ3) is 3.60. The van der Waals surface area contributed by atoms with Gasteiger partial charge in [0.05, 0.1) is 27.0 Å². The molecular weight excluding hydrogens is 360 g/mol. The number of hydrogen-bond donors (Lipinski definition) is 0. The minimum absolute atomic E-state index is 0.172. The van der Waals surface area contributed by atoms with Crippen molar-refractivity contribution in [2.75, 3.05) is 39.3 Å². The molecule has 3 rings (SSSR count). The highest BCUT2D eigenvalue weighted by molar-refractivity contribution is 6.04. The van der Waals surface area contributed by atoms with Crippen molar-refractivity contribution in [1.82, 2.24) is 4.90 Å². The first-order chi connectivity index (χ1) is 13.5. The normalized spacial score (nSPS) is 16.7. The van der Waals surface area contributed by atoms with E-state index >= 15 is 0 Å². The molecule has 0 spiro atoms. The zero-order valence-electron chi connectivity index (χ0n) is 16.5. The van der Waals surface area contributed by atoms with Gasteiger partial charge >= 0.3 is 0 Å². The van der Waals surface area contributed by atoms with Gasteiger partial charge in [-0.2, -0.15) is 0 Å². The molecule has 0 saturated carbocycles. The summed E-state index contributed by atoms with van der Waals surface area (Å²) in [7, 11) is 4.68. The molecule has 1 heterocycles. The van der Waals surface area contributed by atoms with Crippen LogP contribution in [0.1, 0.15) is 17.3 Å². The summed E-state index contributed by atoms with van der Waals surface area (Å²) in [6, 6.07) is 11.6. The molecular formula is C21H24N2O5. The third-order valence-electron chi connectivity index (χ3n) is 4.91. The number of piperazine rings is 1. The number of ether oxygens (including phenoxy) is 3. The van der Waals surface area contributed by atoms with Crippen molar-refractivity contribution in [3.8, 4) is 17.2 Å². The topological polar surface area (TPSA) is 68.3 Å². The molecule has 0 radical (unpaired) electrons. The molecule has 0 N–H and O–H groups in total. The molecule has 2 aromatic rings. The highest BCUT2D eigenvalue weighted by Crippen LogP contribution is 2.34. The second kappa shape index (κ2) is 8.21. The number of nitrogens with zero attached hydrogens (tertiary/aromatic N) is 2. The molecule has 7 nitrogen and oxygen atoms in total. The fraction of sp³-hybridized carbons (Fsp3) is 0.333. The van der Waals surface area contributed by atoms with Crippen LogP contribution >= 0.6 is 0 Å². The van der Waals surface area contributed by atoms with Crippen LogP contribution < -0.4 is 19.1 Å². The first kappa shape index (κ1) is 19.5. The first-order valence-electron chi connectivity index (χ1n) is 8.98. The van der Waals surface area contributed by atoms with Gasteiger partial charge in [-0.3, -0.25) is 9.59 Å². The summed E-state index contributed by atoms with van der Waals surface area (Å²) in [6.07, 6.45) is 0. The van der Waals surface area contributed by atoms with Crippen molar-refractivity contribution in [2.24, 2.45) is 0 Å². The van der Waals surface area contributed by atoms with Gasteiger partial charge in [-0.25, -0.2) is 0 Å². The average molecular weight is 384 g/mol. The summed E-state index contributed by atoms with van der Waals surface area (Å²) in [6.45, 7) is 2.50. The van der Waals surface area contributed by atoms with Gasteiger partial charge in [0.25, 0.3) is 5.91 Å². The SMILES string of the molecule is COc1cccc(C(=O)N2CCN(c3cc(OC)ccc3OC)C(=O)C2C)c1. The maximum absolute atomic E-state index is 13.1. The van der Waals surface area contributed by atoms with E-state index in [4.69, 9.17) is 14.2 Å². The third-order valence-corrected chi connectivity index (χ3v) is 4.91. The van der Waals surface area contributed by atoms with Gasteiger partial charge in [-0.1, -0.05) is 6.07 Å². The molecule has 148 valence electrons. The van der Waals surface area contributed by atoms with E-state index < -0.39 is 6.04 Å². The lowest BCUT2D eigenvalue weighted by molar-refractivity contribution is -0.124. The predicted octanol–water partition coefficient (Wildman–Crippen LogP) is 2.59. The van der Waals surface area contributed by atoms with Gasteiger partial charge in [0.1, 0.15) is 23.3 Å². The molecule has 1 unspecified atom stereocenters. The molecule has 0 aromatic heterocycles. The summed E-state index contributed by atoms with van der Waals surface area (Å²) in [5, 5.41) is 0. The monoisotopic (exact) mass is 384 g/mol. The van der Waals surface area contributed by atoms with Crippen LogP contribution in [-0.2, 0) is 4.79 Å². The van der Waals surface area contributed by atoms with Crippen LogP contribution in [0, 0.1) is 0 Å². The van der Waals surface area contributed by atoms with Crippen molar-refractivity contribution in [1.29, 1.82) is 0 Å². The Bertz CT molecular complexity index is 883. The molecule has 1 aliphatic heterocycles. The van der Waals surface area contributed by atoms with Crippen LogP contribution in [0.4, 0.5) is 5.69 Å². The van der Waals surface area contributed by atoms with Crippen LogP contribution in [0.15, 0.2) is 42.5 Å². The molecule has 1 fully saturated rings. The number of benzene rings is 2. The summed E-state index contributed by atoms with van der Waals surface area (Å²) in [5.74, 6) is 1.44. The van der Waals surface area contributed by atoms with Crippen LogP contribution in [0.2, 0.25) is 0 Å². The Morgan fingerprint density at radius 2 is 1.68 bits per heavy atom. The summed E-state index contributed by atoms with van der Waals surface area (Å²) >= 11 is 0. The summed E-state index contributed by atoms with van der Waals surface area (Å²) < 4.78 is 15.9. The lowest BCUT2D eigenvalue weighted by Crippen LogP contribution is -2.57. The van der Waals surface area contributed by atoms with Crippen molar-refractivity contribution in [3.63, 3.8) is 0 Å². The van der Waals surface area contributed by atoms with Gasteiger partial charge < -0.3 is 24.0 Å². The molecule has 0 bridgehead atoms. The Labute approximate surface area is 164 Å². The van der Waals surface area contributed by atoms with Crippen LogP contribution in [0.3, 0.4) is 0 Å². The fourth-order valence-electron chi connectivity index (χ4n) is 3.32. The largest absolute Gasteiger partial charge is 0.497 e. The molecule has 2 amide bonds. The van der Waals surface area contributed by atoms with Gasteiger partial charge in [-0.15, -0.1) is 0 Å².